The molecule has 0 heterocycles. The molecule has 0 N–H and O–H groups in total. The highest BCUT2D eigenvalue weighted by Crippen LogP contribution is 2.04. The number of hydrogen-bond donors (Lipinski definition) is 0. The first-order valence-electron chi connectivity index (χ1n) is 6.75. The molecule has 0 fully saturated rings. The van der Waals surface area contributed by atoms with Crippen LogP contribution in [0.25, 0.3) is 0 Å². The molecule has 2 heteroatoms. The molecule has 0 saturated carbocycles. The number of hydrogen-bond acceptors (Lipinski definition) is 2. The third kappa shape index (κ3) is 4.58. The predicted molar refractivity (Wildman–Crippen MR) is 85.3 cm³/mol. The Hall–Kier alpha value is -3.46. The standard InChI is InChI=1S/C20H12N2/c21-15-13-19-9-5-17(6-10-19)3-1-2-4-18-7-11-20(12-8-18)14-16-22/h5-12H,13-14H2. The van der Waals surface area contributed by atoms with E-state index in [1.54, 1.807) is 0 Å². The summed E-state index contributed by atoms with van der Waals surface area (Å²) < 4.78 is 0. The second-order valence-corrected chi connectivity index (χ2v) is 4.56. The van der Waals surface area contributed by atoms with E-state index in [1.165, 1.54) is 0 Å². The Morgan fingerprint density at radius 3 is 1.27 bits per heavy atom. The molecular formula is C20H12N2. The molecule has 0 aliphatic heterocycles. The van der Waals surface area contributed by atoms with E-state index in [4.69, 9.17) is 10.5 Å². The summed E-state index contributed by atoms with van der Waals surface area (Å²) in [7, 11) is 0. The fraction of sp³-hybridized carbons (Fsp3) is 0.100. The van der Waals surface area contributed by atoms with Crippen molar-refractivity contribution in [3.05, 3.63) is 70.8 Å². The maximum Gasteiger partial charge on any atom is 0.0669 e. The summed E-state index contributed by atoms with van der Waals surface area (Å²) in [4.78, 5) is 0. The van der Waals surface area contributed by atoms with Crippen LogP contribution < -0.4 is 0 Å². The third-order valence-electron chi connectivity index (χ3n) is 2.95. The molecule has 0 aliphatic rings. The van der Waals surface area contributed by atoms with Crippen molar-refractivity contribution < 1.29 is 0 Å². The molecule has 0 radical (unpaired) electrons. The summed E-state index contributed by atoms with van der Waals surface area (Å²) in [5.41, 5.74) is 3.72. The van der Waals surface area contributed by atoms with Crippen molar-refractivity contribution in [2.24, 2.45) is 0 Å². The molecule has 0 amide bonds. The topological polar surface area (TPSA) is 47.6 Å². The van der Waals surface area contributed by atoms with Gasteiger partial charge in [-0.1, -0.05) is 36.1 Å². The summed E-state index contributed by atoms with van der Waals surface area (Å²) in [5, 5.41) is 17.2. The van der Waals surface area contributed by atoms with Gasteiger partial charge in [-0.15, -0.1) is 0 Å². The lowest BCUT2D eigenvalue weighted by molar-refractivity contribution is 1.26. The van der Waals surface area contributed by atoms with E-state index in [0.29, 0.717) is 12.8 Å². The summed E-state index contributed by atoms with van der Waals surface area (Å²) in [5.74, 6) is 11.6. The van der Waals surface area contributed by atoms with E-state index < -0.39 is 0 Å². The number of nitriles is 2. The van der Waals surface area contributed by atoms with E-state index in [0.717, 1.165) is 22.3 Å². The van der Waals surface area contributed by atoms with Gasteiger partial charge in [0.1, 0.15) is 0 Å². The van der Waals surface area contributed by atoms with Gasteiger partial charge in [0.2, 0.25) is 0 Å². The molecule has 2 aromatic carbocycles. The lowest BCUT2D eigenvalue weighted by Gasteiger charge is -1.93. The Labute approximate surface area is 130 Å². The van der Waals surface area contributed by atoms with E-state index >= 15 is 0 Å². The third-order valence-corrected chi connectivity index (χ3v) is 2.95. The maximum atomic E-state index is 8.61. The molecule has 0 aromatic heterocycles. The van der Waals surface area contributed by atoms with E-state index in [-0.39, 0.29) is 0 Å². The maximum absolute atomic E-state index is 8.61. The van der Waals surface area contributed by atoms with Gasteiger partial charge in [-0.25, -0.2) is 0 Å². The van der Waals surface area contributed by atoms with Crippen LogP contribution >= 0.6 is 0 Å². The summed E-state index contributed by atoms with van der Waals surface area (Å²) in [6, 6.07) is 19.4. The predicted octanol–water partition coefficient (Wildman–Crippen LogP) is 3.22. The molecule has 102 valence electrons. The van der Waals surface area contributed by atoms with E-state index in [9.17, 15) is 0 Å². The van der Waals surface area contributed by atoms with E-state index in [2.05, 4.69) is 35.8 Å². The zero-order valence-electron chi connectivity index (χ0n) is 11.9. The molecule has 22 heavy (non-hydrogen) atoms. The Kier molecular flexibility index (Phi) is 5.41. The first kappa shape index (κ1) is 14.9. The fourth-order valence-electron chi connectivity index (χ4n) is 1.80. The Bertz CT molecular complexity index is 762. The van der Waals surface area contributed by atoms with Crippen LogP contribution in [0.3, 0.4) is 0 Å². The molecule has 2 nitrogen and oxygen atoms in total. The summed E-state index contributed by atoms with van der Waals surface area (Å²) in [6.07, 6.45) is 0.824. The van der Waals surface area contributed by atoms with Crippen LogP contribution in [0.5, 0.6) is 0 Å². The molecule has 2 aromatic rings. The molecule has 0 bridgehead atoms. The Balaban J connectivity index is 2.02. The Morgan fingerprint density at radius 1 is 0.591 bits per heavy atom. The van der Waals surface area contributed by atoms with Crippen LogP contribution in [0.15, 0.2) is 48.5 Å². The van der Waals surface area contributed by atoms with Crippen molar-refractivity contribution >= 4 is 0 Å². The van der Waals surface area contributed by atoms with Crippen molar-refractivity contribution in [1.82, 2.24) is 0 Å². The van der Waals surface area contributed by atoms with Gasteiger partial charge < -0.3 is 0 Å². The fourth-order valence-corrected chi connectivity index (χ4v) is 1.80. The minimum absolute atomic E-state index is 0.412. The van der Waals surface area contributed by atoms with Gasteiger partial charge >= 0.3 is 0 Å². The first-order valence-corrected chi connectivity index (χ1v) is 6.75. The highest BCUT2D eigenvalue weighted by atomic mass is 14.2. The molecule has 0 aliphatic carbocycles. The van der Waals surface area contributed by atoms with Gasteiger partial charge in [0, 0.05) is 11.1 Å². The first-order chi connectivity index (χ1) is 10.8. The van der Waals surface area contributed by atoms with Crippen molar-refractivity contribution in [3.8, 4) is 35.8 Å². The highest BCUT2D eigenvalue weighted by Gasteiger charge is 1.91. The van der Waals surface area contributed by atoms with Crippen molar-refractivity contribution in [1.29, 1.82) is 10.5 Å². The van der Waals surface area contributed by atoms with Crippen LogP contribution in [0.2, 0.25) is 0 Å². The number of benzene rings is 2. The monoisotopic (exact) mass is 280 g/mol. The summed E-state index contributed by atoms with van der Waals surface area (Å²) >= 11 is 0. The molecule has 2 rings (SSSR count). The normalized spacial score (nSPS) is 8.45. The second-order valence-electron chi connectivity index (χ2n) is 4.56. The average Bonchev–Trinajstić information content (AvgIpc) is 2.55. The molecule has 0 saturated heterocycles. The SMILES string of the molecule is N#CCc1ccc(C#CC#Cc2ccc(CC#N)cc2)cc1. The van der Waals surface area contributed by atoms with Crippen LogP contribution in [0.1, 0.15) is 22.3 Å². The van der Waals surface area contributed by atoms with Crippen molar-refractivity contribution in [2.75, 3.05) is 0 Å². The lowest BCUT2D eigenvalue weighted by atomic mass is 10.1. The second kappa shape index (κ2) is 7.97. The van der Waals surface area contributed by atoms with Crippen molar-refractivity contribution in [2.45, 2.75) is 12.8 Å². The van der Waals surface area contributed by atoms with Gasteiger partial charge in [-0.2, -0.15) is 10.5 Å². The van der Waals surface area contributed by atoms with Gasteiger partial charge in [-0.3, -0.25) is 0 Å². The molecule has 0 atom stereocenters. The Morgan fingerprint density at radius 2 is 0.955 bits per heavy atom. The number of nitrogens with zero attached hydrogens (tertiary/aromatic N) is 2. The lowest BCUT2D eigenvalue weighted by Crippen LogP contribution is -1.81. The molecular weight excluding hydrogens is 268 g/mol. The van der Waals surface area contributed by atoms with Crippen molar-refractivity contribution in [3.63, 3.8) is 0 Å². The highest BCUT2D eigenvalue weighted by molar-refractivity contribution is 5.45. The zero-order chi connectivity index (χ0) is 15.6. The zero-order valence-corrected chi connectivity index (χ0v) is 11.9. The number of rotatable bonds is 2. The van der Waals surface area contributed by atoms with Crippen LogP contribution in [0.4, 0.5) is 0 Å². The minimum Gasteiger partial charge on any atom is -0.198 e. The van der Waals surface area contributed by atoms with Gasteiger partial charge in [0.25, 0.3) is 0 Å². The van der Waals surface area contributed by atoms with Gasteiger partial charge in [0.15, 0.2) is 0 Å². The summed E-state index contributed by atoms with van der Waals surface area (Å²) in [6.45, 7) is 0. The quantitative estimate of drug-likeness (QED) is 0.793. The van der Waals surface area contributed by atoms with Crippen LogP contribution in [-0.4, -0.2) is 0 Å². The smallest absolute Gasteiger partial charge is 0.0669 e. The van der Waals surface area contributed by atoms with Gasteiger partial charge in [-0.05, 0) is 47.2 Å². The minimum atomic E-state index is 0.412. The van der Waals surface area contributed by atoms with E-state index in [1.807, 2.05) is 48.5 Å². The van der Waals surface area contributed by atoms with Crippen LogP contribution in [-0.2, 0) is 12.8 Å². The van der Waals surface area contributed by atoms with Crippen LogP contribution in [0, 0.1) is 46.3 Å². The molecule has 0 unspecified atom stereocenters. The molecule has 0 spiro atoms. The largest absolute Gasteiger partial charge is 0.198 e. The average molecular weight is 280 g/mol. The van der Waals surface area contributed by atoms with Gasteiger partial charge in [0.05, 0.1) is 25.0 Å².